The maximum atomic E-state index is 13.1. The lowest BCUT2D eigenvalue weighted by atomic mass is 10.3. The van der Waals surface area contributed by atoms with Gasteiger partial charge in [0.2, 0.25) is 11.8 Å². The zero-order chi connectivity index (χ0) is 15.7. The molecule has 0 unspecified atom stereocenters. The van der Waals surface area contributed by atoms with E-state index in [9.17, 15) is 9.18 Å². The second kappa shape index (κ2) is 6.26. The van der Waals surface area contributed by atoms with Crippen LogP contribution in [0.3, 0.4) is 0 Å². The summed E-state index contributed by atoms with van der Waals surface area (Å²) in [6, 6.07) is 4.02. The third-order valence-corrected chi connectivity index (χ3v) is 4.41. The number of halogens is 2. The van der Waals surface area contributed by atoms with Crippen molar-refractivity contribution < 1.29 is 13.6 Å². The zero-order valence-corrected chi connectivity index (χ0v) is 13.2. The summed E-state index contributed by atoms with van der Waals surface area (Å²) in [5, 5.41) is 10.5. The molecular weight excluding hydrogens is 329 g/mol. The first kappa shape index (κ1) is 15.3. The molecule has 0 radical (unpaired) electrons. The van der Waals surface area contributed by atoms with Crippen molar-refractivity contribution in [1.82, 2.24) is 10.2 Å². The molecule has 116 valence electrons. The summed E-state index contributed by atoms with van der Waals surface area (Å²) in [6.07, 6.45) is 2.15. The van der Waals surface area contributed by atoms with Gasteiger partial charge in [-0.25, -0.2) is 4.39 Å². The van der Waals surface area contributed by atoms with Gasteiger partial charge in [0.15, 0.2) is 0 Å². The number of hydrogen-bond donors (Lipinski definition) is 1. The Morgan fingerprint density at radius 2 is 2.27 bits per heavy atom. The minimum atomic E-state index is -0.527. The van der Waals surface area contributed by atoms with E-state index in [4.69, 9.17) is 16.0 Å². The monoisotopic (exact) mass is 341 g/mol. The molecule has 22 heavy (non-hydrogen) atoms. The van der Waals surface area contributed by atoms with E-state index in [0.717, 1.165) is 12.8 Å². The minimum absolute atomic E-state index is 0.0379. The molecule has 1 amide bonds. The highest BCUT2D eigenvalue weighted by molar-refractivity contribution is 8.00. The minimum Gasteiger partial charge on any atom is -0.416 e. The summed E-state index contributed by atoms with van der Waals surface area (Å²) in [6.45, 7) is 1.73. The zero-order valence-electron chi connectivity index (χ0n) is 11.7. The second-order valence-electron chi connectivity index (χ2n) is 5.06. The molecule has 1 N–H and O–H groups in total. The molecule has 2 aromatic rings. The van der Waals surface area contributed by atoms with E-state index in [2.05, 4.69) is 15.5 Å². The quantitative estimate of drug-likeness (QED) is 0.836. The average molecular weight is 342 g/mol. The molecule has 0 bridgehead atoms. The molecule has 1 saturated carbocycles. The first-order valence-electron chi connectivity index (χ1n) is 6.79. The largest absolute Gasteiger partial charge is 0.416 e. The highest BCUT2D eigenvalue weighted by Gasteiger charge is 2.30. The third kappa shape index (κ3) is 3.59. The molecule has 1 aromatic heterocycles. The molecule has 0 spiro atoms. The van der Waals surface area contributed by atoms with E-state index in [1.165, 1.54) is 30.0 Å². The maximum Gasteiger partial charge on any atom is 0.277 e. The van der Waals surface area contributed by atoms with E-state index in [-0.39, 0.29) is 10.9 Å². The molecule has 1 aromatic carbocycles. The summed E-state index contributed by atoms with van der Waals surface area (Å²) in [4.78, 5) is 12.1. The Kier molecular flexibility index (Phi) is 4.35. The Balaban J connectivity index is 1.59. The SMILES string of the molecule is C[C@@H](Sc1nnc(C2CC2)o1)C(=O)Nc1ccc(F)c(Cl)c1. The van der Waals surface area contributed by atoms with Gasteiger partial charge in [0.1, 0.15) is 5.82 Å². The van der Waals surface area contributed by atoms with Crippen molar-refractivity contribution >= 4 is 35.0 Å². The lowest BCUT2D eigenvalue weighted by molar-refractivity contribution is -0.115. The Bertz CT molecular complexity index is 705. The topological polar surface area (TPSA) is 68.0 Å². The molecule has 1 aliphatic rings. The number of carbonyl (C=O) groups is 1. The number of thioether (sulfide) groups is 1. The van der Waals surface area contributed by atoms with Crippen LogP contribution in [0, 0.1) is 5.82 Å². The van der Waals surface area contributed by atoms with Crippen LogP contribution in [0.2, 0.25) is 5.02 Å². The summed E-state index contributed by atoms with van der Waals surface area (Å²) in [5.41, 5.74) is 0.438. The number of carbonyl (C=O) groups excluding carboxylic acids is 1. The van der Waals surface area contributed by atoms with E-state index in [0.29, 0.717) is 22.7 Å². The van der Waals surface area contributed by atoms with Crippen LogP contribution in [0.1, 0.15) is 31.6 Å². The normalized spacial score (nSPS) is 15.6. The summed E-state index contributed by atoms with van der Waals surface area (Å²) in [5.74, 6) is 0.243. The van der Waals surface area contributed by atoms with Gasteiger partial charge >= 0.3 is 0 Å². The Morgan fingerprint density at radius 3 is 2.95 bits per heavy atom. The predicted molar refractivity (Wildman–Crippen MR) is 81.6 cm³/mol. The third-order valence-electron chi connectivity index (χ3n) is 3.18. The average Bonchev–Trinajstić information content (AvgIpc) is 3.23. The van der Waals surface area contributed by atoms with Crippen molar-refractivity contribution in [2.75, 3.05) is 5.32 Å². The van der Waals surface area contributed by atoms with Crippen molar-refractivity contribution in [3.05, 3.63) is 34.9 Å². The smallest absolute Gasteiger partial charge is 0.277 e. The molecule has 0 aliphatic heterocycles. The highest BCUT2D eigenvalue weighted by atomic mass is 35.5. The van der Waals surface area contributed by atoms with Gasteiger partial charge in [-0.05, 0) is 38.0 Å². The fourth-order valence-electron chi connectivity index (χ4n) is 1.79. The van der Waals surface area contributed by atoms with Crippen molar-refractivity contribution in [3.63, 3.8) is 0 Å². The van der Waals surface area contributed by atoms with Gasteiger partial charge in [-0.1, -0.05) is 23.4 Å². The summed E-state index contributed by atoms with van der Waals surface area (Å²) >= 11 is 6.87. The highest BCUT2D eigenvalue weighted by Crippen LogP contribution is 2.40. The van der Waals surface area contributed by atoms with Crippen LogP contribution in [0.5, 0.6) is 0 Å². The number of aromatic nitrogens is 2. The Labute approximate surface area is 135 Å². The predicted octanol–water partition coefficient (Wildman–Crippen LogP) is 3.86. The van der Waals surface area contributed by atoms with Gasteiger partial charge in [0, 0.05) is 11.6 Å². The van der Waals surface area contributed by atoms with Crippen LogP contribution in [0.25, 0.3) is 0 Å². The number of benzene rings is 1. The van der Waals surface area contributed by atoms with E-state index in [1.807, 2.05) is 0 Å². The fraction of sp³-hybridized carbons (Fsp3) is 0.357. The first-order valence-corrected chi connectivity index (χ1v) is 8.04. The molecule has 1 atom stereocenters. The molecule has 1 heterocycles. The van der Waals surface area contributed by atoms with Gasteiger partial charge in [0.05, 0.1) is 10.3 Å². The van der Waals surface area contributed by atoms with Crippen LogP contribution in [-0.4, -0.2) is 21.4 Å². The van der Waals surface area contributed by atoms with E-state index < -0.39 is 11.1 Å². The molecule has 3 rings (SSSR count). The lowest BCUT2D eigenvalue weighted by Gasteiger charge is -2.10. The molecule has 0 saturated heterocycles. The van der Waals surface area contributed by atoms with Gasteiger partial charge in [-0.15, -0.1) is 10.2 Å². The Morgan fingerprint density at radius 1 is 1.50 bits per heavy atom. The Hall–Kier alpha value is -1.60. The number of anilines is 1. The number of nitrogens with one attached hydrogen (secondary N) is 1. The molecular formula is C14H13ClFN3O2S. The number of rotatable bonds is 5. The van der Waals surface area contributed by atoms with Crippen molar-refractivity contribution in [2.24, 2.45) is 0 Å². The van der Waals surface area contributed by atoms with Gasteiger partial charge in [-0.2, -0.15) is 0 Å². The number of nitrogens with zero attached hydrogens (tertiary/aromatic N) is 2. The molecule has 5 nitrogen and oxygen atoms in total. The van der Waals surface area contributed by atoms with Crippen LogP contribution in [-0.2, 0) is 4.79 Å². The molecule has 8 heteroatoms. The van der Waals surface area contributed by atoms with Crippen molar-refractivity contribution in [1.29, 1.82) is 0 Å². The van der Waals surface area contributed by atoms with Crippen molar-refractivity contribution in [2.45, 2.75) is 36.2 Å². The fourth-order valence-corrected chi connectivity index (χ4v) is 2.66. The number of hydrogen-bond acceptors (Lipinski definition) is 5. The standard InChI is InChI=1S/C14H13ClFN3O2S/c1-7(22-14-19-18-13(21-14)8-2-3-8)12(20)17-9-4-5-11(16)10(15)6-9/h4-8H,2-3H2,1H3,(H,17,20)/t7-/m1/s1. The maximum absolute atomic E-state index is 13.1. The molecule has 1 fully saturated rings. The van der Waals surface area contributed by atoms with E-state index in [1.54, 1.807) is 6.92 Å². The summed E-state index contributed by atoms with van der Waals surface area (Å²) < 4.78 is 18.6. The van der Waals surface area contributed by atoms with Gasteiger partial charge in [-0.3, -0.25) is 4.79 Å². The first-order chi connectivity index (χ1) is 10.5. The summed E-state index contributed by atoms with van der Waals surface area (Å²) in [7, 11) is 0. The van der Waals surface area contributed by atoms with Crippen LogP contribution in [0.4, 0.5) is 10.1 Å². The second-order valence-corrected chi connectivity index (χ2v) is 6.76. The number of amides is 1. The van der Waals surface area contributed by atoms with Gasteiger partial charge < -0.3 is 9.73 Å². The molecule has 1 aliphatic carbocycles. The van der Waals surface area contributed by atoms with E-state index >= 15 is 0 Å². The van der Waals surface area contributed by atoms with Crippen LogP contribution in [0.15, 0.2) is 27.8 Å². The van der Waals surface area contributed by atoms with Crippen molar-refractivity contribution in [3.8, 4) is 0 Å². The van der Waals surface area contributed by atoms with Gasteiger partial charge in [0.25, 0.3) is 5.22 Å². The lowest BCUT2D eigenvalue weighted by Crippen LogP contribution is -2.22. The van der Waals surface area contributed by atoms with Crippen LogP contribution >= 0.6 is 23.4 Å². The van der Waals surface area contributed by atoms with Crippen LogP contribution < -0.4 is 5.32 Å².